The Morgan fingerprint density at radius 3 is 2.80 bits per heavy atom. The van der Waals surface area contributed by atoms with Crippen LogP contribution in [0.1, 0.15) is 19.8 Å². The lowest BCUT2D eigenvalue weighted by molar-refractivity contribution is -0.170. The summed E-state index contributed by atoms with van der Waals surface area (Å²) in [4.78, 5) is 21.3. The monoisotopic (exact) mass is 142 g/mol. The van der Waals surface area contributed by atoms with E-state index in [2.05, 4.69) is 4.74 Å². The molecule has 0 aromatic rings. The minimum Gasteiger partial charge on any atom is -0.464 e. The maximum Gasteiger partial charge on any atom is 0.312 e. The number of hydrogen-bond donors (Lipinski definition) is 0. The van der Waals surface area contributed by atoms with Gasteiger partial charge < -0.3 is 4.74 Å². The van der Waals surface area contributed by atoms with Crippen LogP contribution in [0.15, 0.2) is 0 Å². The molecule has 0 aliphatic carbocycles. The molecule has 1 aliphatic heterocycles. The number of esters is 1. The van der Waals surface area contributed by atoms with E-state index in [1.54, 1.807) is 6.92 Å². The van der Waals surface area contributed by atoms with Crippen LogP contribution in [0.5, 0.6) is 0 Å². The lowest BCUT2D eigenvalue weighted by atomic mass is 9.99. The number of ketones is 1. The zero-order valence-electron chi connectivity index (χ0n) is 5.92. The quantitative estimate of drug-likeness (QED) is 0.540. The highest BCUT2D eigenvalue weighted by atomic mass is 16.6. The van der Waals surface area contributed by atoms with Gasteiger partial charge >= 0.3 is 5.97 Å². The number of carbonyl (C=O) groups excluding carboxylic acids is 2. The summed E-state index contributed by atoms with van der Waals surface area (Å²) in [7, 11) is 0. The van der Waals surface area contributed by atoms with Crippen molar-refractivity contribution >= 4 is 11.8 Å². The molecule has 1 atom stereocenters. The number of rotatable bonds is 3. The Bertz CT molecular complexity index is 162. The minimum absolute atomic E-state index is 0.132. The summed E-state index contributed by atoms with van der Waals surface area (Å²) in [6.45, 7) is 2.23. The molecule has 1 rings (SSSR count). The van der Waals surface area contributed by atoms with Gasteiger partial charge in [-0.05, 0) is 0 Å². The van der Waals surface area contributed by atoms with Crippen LogP contribution >= 0.6 is 0 Å². The van der Waals surface area contributed by atoms with E-state index in [1.807, 2.05) is 0 Å². The van der Waals surface area contributed by atoms with Crippen LogP contribution in [0.25, 0.3) is 0 Å². The fraction of sp³-hybridized carbons (Fsp3) is 0.714. The van der Waals surface area contributed by atoms with Gasteiger partial charge in [-0.25, -0.2) is 0 Å². The maximum absolute atomic E-state index is 10.8. The van der Waals surface area contributed by atoms with Gasteiger partial charge in [-0.15, -0.1) is 0 Å². The second-order valence-electron chi connectivity index (χ2n) is 2.42. The lowest BCUT2D eigenvalue weighted by Gasteiger charge is -2.23. The number of cyclic esters (lactones) is 1. The van der Waals surface area contributed by atoms with E-state index in [0.29, 0.717) is 19.4 Å². The molecule has 0 aromatic carbocycles. The second-order valence-corrected chi connectivity index (χ2v) is 2.42. The summed E-state index contributed by atoms with van der Waals surface area (Å²) in [6, 6.07) is 0. The van der Waals surface area contributed by atoms with Gasteiger partial charge in [0.2, 0.25) is 0 Å². The smallest absolute Gasteiger partial charge is 0.312 e. The van der Waals surface area contributed by atoms with Crippen molar-refractivity contribution in [3.63, 3.8) is 0 Å². The molecule has 1 aliphatic rings. The predicted octanol–water partition coefficient (Wildman–Crippen LogP) is 0.529. The first kappa shape index (κ1) is 7.25. The average Bonchev–Trinajstić information content (AvgIpc) is 1.96. The van der Waals surface area contributed by atoms with E-state index in [9.17, 15) is 9.59 Å². The summed E-state index contributed by atoms with van der Waals surface area (Å²) < 4.78 is 4.50. The predicted molar refractivity (Wildman–Crippen MR) is 34.4 cm³/mol. The van der Waals surface area contributed by atoms with E-state index >= 15 is 0 Å². The van der Waals surface area contributed by atoms with Crippen molar-refractivity contribution in [1.82, 2.24) is 0 Å². The van der Waals surface area contributed by atoms with E-state index in [4.69, 9.17) is 0 Å². The van der Waals surface area contributed by atoms with Crippen LogP contribution in [0.4, 0.5) is 0 Å². The summed E-state index contributed by atoms with van der Waals surface area (Å²) >= 11 is 0. The highest BCUT2D eigenvalue weighted by molar-refractivity contribution is 5.86. The van der Waals surface area contributed by atoms with Gasteiger partial charge in [0.25, 0.3) is 0 Å². The van der Waals surface area contributed by atoms with E-state index < -0.39 is 0 Å². The molecule has 10 heavy (non-hydrogen) atoms. The average molecular weight is 142 g/mol. The first-order valence-corrected chi connectivity index (χ1v) is 3.42. The Hall–Kier alpha value is -0.860. The molecule has 0 amide bonds. The molecule has 0 aromatic heterocycles. The molecule has 56 valence electrons. The van der Waals surface area contributed by atoms with Crippen LogP contribution in [-0.4, -0.2) is 18.4 Å². The Balaban J connectivity index is 2.25. The van der Waals surface area contributed by atoms with Crippen molar-refractivity contribution in [2.75, 3.05) is 6.61 Å². The lowest BCUT2D eigenvalue weighted by Crippen LogP contribution is -2.35. The van der Waals surface area contributed by atoms with Gasteiger partial charge in [0.15, 0.2) is 0 Å². The highest BCUT2D eigenvalue weighted by Crippen LogP contribution is 2.17. The van der Waals surface area contributed by atoms with Crippen LogP contribution in [0, 0.1) is 5.92 Å². The summed E-state index contributed by atoms with van der Waals surface area (Å²) in [6.07, 6.45) is 0.888. The zero-order chi connectivity index (χ0) is 7.56. The number of hydrogen-bond acceptors (Lipinski definition) is 3. The Labute approximate surface area is 59.4 Å². The fourth-order valence-electron chi connectivity index (χ4n) is 0.831. The van der Waals surface area contributed by atoms with Gasteiger partial charge in [-0.1, -0.05) is 6.92 Å². The van der Waals surface area contributed by atoms with E-state index in [-0.39, 0.29) is 17.7 Å². The molecule has 0 bridgehead atoms. The molecule has 3 nitrogen and oxygen atoms in total. The molecule has 0 unspecified atom stereocenters. The third-order valence-electron chi connectivity index (χ3n) is 1.63. The van der Waals surface area contributed by atoms with Crippen molar-refractivity contribution in [2.45, 2.75) is 19.8 Å². The summed E-state index contributed by atoms with van der Waals surface area (Å²) in [5.41, 5.74) is 0. The molecular weight excluding hydrogens is 132 g/mol. The van der Waals surface area contributed by atoms with Crippen LogP contribution in [0.3, 0.4) is 0 Å². The molecule has 1 heterocycles. The minimum atomic E-state index is -0.221. The SMILES string of the molecule is CCC(=O)C[C@@H]1COC1=O. The van der Waals surface area contributed by atoms with Crippen molar-refractivity contribution in [3.05, 3.63) is 0 Å². The molecular formula is C7H10O3. The summed E-state index contributed by atoms with van der Waals surface area (Å²) in [5, 5.41) is 0. The molecule has 0 saturated carbocycles. The standard InChI is InChI=1S/C7H10O3/c1-2-6(8)3-5-4-10-7(5)9/h5H,2-4H2,1H3/t5-/m1/s1. The van der Waals surface area contributed by atoms with Crippen LogP contribution in [0.2, 0.25) is 0 Å². The molecule has 3 heteroatoms. The van der Waals surface area contributed by atoms with Crippen molar-refractivity contribution in [3.8, 4) is 0 Å². The first-order chi connectivity index (χ1) is 4.74. The summed E-state index contributed by atoms with van der Waals surface area (Å²) in [5.74, 6) is -0.212. The number of Topliss-reactive ketones (excluding diaryl/α,β-unsaturated/α-hetero) is 1. The maximum atomic E-state index is 10.8. The number of carbonyl (C=O) groups is 2. The third kappa shape index (κ3) is 1.35. The number of ether oxygens (including phenoxy) is 1. The van der Waals surface area contributed by atoms with Crippen molar-refractivity contribution in [2.24, 2.45) is 5.92 Å². The van der Waals surface area contributed by atoms with E-state index in [0.717, 1.165) is 0 Å². The topological polar surface area (TPSA) is 43.4 Å². The van der Waals surface area contributed by atoms with Gasteiger partial charge in [0.1, 0.15) is 12.4 Å². The van der Waals surface area contributed by atoms with Crippen LogP contribution in [-0.2, 0) is 14.3 Å². The molecule has 1 saturated heterocycles. The van der Waals surface area contributed by atoms with Gasteiger partial charge in [-0.3, -0.25) is 9.59 Å². The van der Waals surface area contributed by atoms with Gasteiger partial charge in [0.05, 0.1) is 5.92 Å². The Morgan fingerprint density at radius 1 is 1.80 bits per heavy atom. The molecule has 0 N–H and O–H groups in total. The Kier molecular flexibility index (Phi) is 2.04. The first-order valence-electron chi connectivity index (χ1n) is 3.42. The Morgan fingerprint density at radius 2 is 2.50 bits per heavy atom. The highest BCUT2D eigenvalue weighted by Gasteiger charge is 2.31. The van der Waals surface area contributed by atoms with Gasteiger partial charge in [-0.2, -0.15) is 0 Å². The third-order valence-corrected chi connectivity index (χ3v) is 1.63. The van der Waals surface area contributed by atoms with Crippen molar-refractivity contribution < 1.29 is 14.3 Å². The fourth-order valence-corrected chi connectivity index (χ4v) is 0.831. The largest absolute Gasteiger partial charge is 0.464 e. The van der Waals surface area contributed by atoms with E-state index in [1.165, 1.54) is 0 Å². The molecule has 1 fully saturated rings. The molecule has 0 radical (unpaired) electrons. The normalized spacial score (nSPS) is 23.3. The van der Waals surface area contributed by atoms with Crippen molar-refractivity contribution in [1.29, 1.82) is 0 Å². The van der Waals surface area contributed by atoms with Crippen LogP contribution < -0.4 is 0 Å². The van der Waals surface area contributed by atoms with Gasteiger partial charge in [0, 0.05) is 12.8 Å². The second kappa shape index (κ2) is 2.82. The molecule has 0 spiro atoms. The zero-order valence-corrected chi connectivity index (χ0v) is 5.92.